The lowest BCUT2D eigenvalue weighted by Gasteiger charge is -2.17. The summed E-state index contributed by atoms with van der Waals surface area (Å²) in [6.07, 6.45) is 4.80. The molecule has 0 fully saturated rings. The third-order valence-corrected chi connectivity index (χ3v) is 2.97. The molecule has 0 aliphatic carbocycles. The van der Waals surface area contributed by atoms with Crippen molar-refractivity contribution in [3.8, 4) is 0 Å². The summed E-state index contributed by atoms with van der Waals surface area (Å²) < 4.78 is 1.87. The van der Waals surface area contributed by atoms with Crippen LogP contribution in [0.2, 0.25) is 0 Å². The van der Waals surface area contributed by atoms with Crippen LogP contribution in [-0.4, -0.2) is 37.0 Å². The van der Waals surface area contributed by atoms with Crippen LogP contribution in [0.15, 0.2) is 30.6 Å². The lowest BCUT2D eigenvalue weighted by atomic mass is 10.3. The maximum atomic E-state index is 11.7. The molecule has 0 saturated carbocycles. The molecular formula is C14H24N3O+. The van der Waals surface area contributed by atoms with E-state index in [0.717, 1.165) is 32.6 Å². The maximum absolute atomic E-state index is 11.7. The fourth-order valence-corrected chi connectivity index (χ4v) is 1.83. The molecular weight excluding hydrogens is 226 g/mol. The van der Waals surface area contributed by atoms with Crippen molar-refractivity contribution < 1.29 is 9.36 Å². The number of nitrogens with one attached hydrogen (secondary N) is 1. The molecule has 0 aromatic carbocycles. The number of hydrogen-bond acceptors (Lipinski definition) is 2. The average Bonchev–Trinajstić information content (AvgIpc) is 2.40. The molecule has 0 aliphatic heterocycles. The predicted octanol–water partition coefficient (Wildman–Crippen LogP) is 0.822. The Hall–Kier alpha value is -1.42. The van der Waals surface area contributed by atoms with Gasteiger partial charge in [0, 0.05) is 18.7 Å². The van der Waals surface area contributed by atoms with Gasteiger partial charge in [-0.15, -0.1) is 0 Å². The van der Waals surface area contributed by atoms with E-state index in [1.165, 1.54) is 0 Å². The summed E-state index contributed by atoms with van der Waals surface area (Å²) in [6, 6.07) is 5.79. The zero-order chi connectivity index (χ0) is 13.2. The van der Waals surface area contributed by atoms with E-state index in [9.17, 15) is 4.79 Å². The van der Waals surface area contributed by atoms with Gasteiger partial charge in [0.25, 0.3) is 5.91 Å². The Balaban J connectivity index is 2.14. The second-order valence-corrected chi connectivity index (χ2v) is 4.28. The predicted molar refractivity (Wildman–Crippen MR) is 72.1 cm³/mol. The van der Waals surface area contributed by atoms with Crippen molar-refractivity contribution in [2.45, 2.75) is 26.8 Å². The van der Waals surface area contributed by atoms with E-state index in [-0.39, 0.29) is 5.91 Å². The van der Waals surface area contributed by atoms with Crippen LogP contribution in [-0.2, 0) is 11.3 Å². The Bertz CT molecular complexity index is 336. The second kappa shape index (κ2) is 8.64. The summed E-state index contributed by atoms with van der Waals surface area (Å²) in [5.74, 6) is 0.0748. The van der Waals surface area contributed by atoms with E-state index >= 15 is 0 Å². The average molecular weight is 250 g/mol. The monoisotopic (exact) mass is 250 g/mol. The molecule has 1 amide bonds. The summed E-state index contributed by atoms with van der Waals surface area (Å²) in [5.41, 5.74) is 0. The molecule has 0 aliphatic rings. The lowest BCUT2D eigenvalue weighted by molar-refractivity contribution is -0.684. The molecule has 1 aromatic heterocycles. The first-order chi connectivity index (χ1) is 8.76. The van der Waals surface area contributed by atoms with Crippen LogP contribution >= 0.6 is 0 Å². The molecule has 1 N–H and O–H groups in total. The highest BCUT2D eigenvalue weighted by Crippen LogP contribution is 1.89. The zero-order valence-corrected chi connectivity index (χ0v) is 11.4. The Labute approximate surface area is 110 Å². The summed E-state index contributed by atoms with van der Waals surface area (Å²) in [6.45, 7) is 8.66. The van der Waals surface area contributed by atoms with E-state index in [0.29, 0.717) is 6.54 Å². The van der Waals surface area contributed by atoms with Crippen molar-refractivity contribution >= 4 is 5.91 Å². The topological polar surface area (TPSA) is 36.2 Å². The smallest absolute Gasteiger partial charge is 0.285 e. The first-order valence-electron chi connectivity index (χ1n) is 6.69. The van der Waals surface area contributed by atoms with Gasteiger partial charge >= 0.3 is 0 Å². The van der Waals surface area contributed by atoms with Crippen molar-refractivity contribution in [3.05, 3.63) is 30.6 Å². The number of rotatable bonds is 8. The minimum absolute atomic E-state index is 0.0748. The molecule has 1 heterocycles. The summed E-state index contributed by atoms with van der Waals surface area (Å²) >= 11 is 0. The van der Waals surface area contributed by atoms with E-state index in [2.05, 4.69) is 24.1 Å². The lowest BCUT2D eigenvalue weighted by Crippen LogP contribution is -2.42. The van der Waals surface area contributed by atoms with Crippen LogP contribution in [0.3, 0.4) is 0 Å². The Kier molecular flexibility index (Phi) is 7.03. The molecule has 4 nitrogen and oxygen atoms in total. The first kappa shape index (κ1) is 14.6. The number of hydrogen-bond donors (Lipinski definition) is 1. The number of nitrogens with zero attached hydrogens (tertiary/aromatic N) is 2. The van der Waals surface area contributed by atoms with Crippen molar-refractivity contribution in [1.82, 2.24) is 10.2 Å². The minimum Gasteiger partial charge on any atom is -0.351 e. The molecule has 1 aromatic rings. The van der Waals surface area contributed by atoms with Crippen LogP contribution in [0.4, 0.5) is 0 Å². The molecule has 0 bridgehead atoms. The van der Waals surface area contributed by atoms with Crippen molar-refractivity contribution in [3.63, 3.8) is 0 Å². The number of carbonyl (C=O) groups excluding carboxylic acids is 1. The third-order valence-electron chi connectivity index (χ3n) is 2.97. The van der Waals surface area contributed by atoms with Gasteiger partial charge in [0.05, 0.1) is 0 Å². The highest BCUT2D eigenvalue weighted by Gasteiger charge is 2.07. The number of amides is 1. The fourth-order valence-electron chi connectivity index (χ4n) is 1.83. The molecule has 0 spiro atoms. The van der Waals surface area contributed by atoms with Crippen LogP contribution < -0.4 is 9.88 Å². The second-order valence-electron chi connectivity index (χ2n) is 4.28. The highest BCUT2D eigenvalue weighted by atomic mass is 16.1. The molecule has 0 unspecified atom stereocenters. The molecule has 4 heteroatoms. The molecule has 0 radical (unpaired) electrons. The molecule has 1 rings (SSSR count). The van der Waals surface area contributed by atoms with Gasteiger partial charge in [-0.2, -0.15) is 4.57 Å². The van der Waals surface area contributed by atoms with Crippen LogP contribution in [0, 0.1) is 0 Å². The largest absolute Gasteiger partial charge is 0.351 e. The normalized spacial score (nSPS) is 10.6. The van der Waals surface area contributed by atoms with Gasteiger partial charge in [-0.05, 0) is 26.1 Å². The summed E-state index contributed by atoms with van der Waals surface area (Å²) in [5, 5.41) is 2.95. The van der Waals surface area contributed by atoms with E-state index in [1.54, 1.807) is 0 Å². The molecule has 0 atom stereocenters. The molecule has 0 saturated heterocycles. The van der Waals surface area contributed by atoms with Crippen LogP contribution in [0.1, 0.15) is 20.3 Å². The van der Waals surface area contributed by atoms with Gasteiger partial charge in [0.15, 0.2) is 12.4 Å². The van der Waals surface area contributed by atoms with Gasteiger partial charge in [-0.1, -0.05) is 19.9 Å². The van der Waals surface area contributed by atoms with E-state index < -0.39 is 0 Å². The van der Waals surface area contributed by atoms with Gasteiger partial charge in [0.2, 0.25) is 6.54 Å². The standard InChI is InChI=1S/C14H23N3O/c1-3-16(4-2)12-8-9-15-14(18)13-17-10-6-5-7-11-17/h5-7,10-11H,3-4,8-9,12-13H2,1-2H3/p+1. The minimum atomic E-state index is 0.0748. The number of aromatic nitrogens is 1. The third kappa shape index (κ3) is 5.77. The zero-order valence-electron chi connectivity index (χ0n) is 11.4. The molecule has 18 heavy (non-hydrogen) atoms. The fraction of sp³-hybridized carbons (Fsp3) is 0.571. The number of carbonyl (C=O) groups is 1. The van der Waals surface area contributed by atoms with Crippen LogP contribution in [0.5, 0.6) is 0 Å². The van der Waals surface area contributed by atoms with Gasteiger partial charge in [-0.25, -0.2) is 0 Å². The van der Waals surface area contributed by atoms with E-state index in [4.69, 9.17) is 0 Å². The summed E-state index contributed by atoms with van der Waals surface area (Å²) in [7, 11) is 0. The van der Waals surface area contributed by atoms with Crippen molar-refractivity contribution in [2.75, 3.05) is 26.2 Å². The first-order valence-corrected chi connectivity index (χ1v) is 6.69. The summed E-state index contributed by atoms with van der Waals surface area (Å²) in [4.78, 5) is 14.0. The van der Waals surface area contributed by atoms with Gasteiger partial charge in [-0.3, -0.25) is 4.79 Å². The molecule has 100 valence electrons. The van der Waals surface area contributed by atoms with Gasteiger partial charge in [0.1, 0.15) is 0 Å². The quantitative estimate of drug-likeness (QED) is 0.548. The Morgan fingerprint density at radius 1 is 1.17 bits per heavy atom. The van der Waals surface area contributed by atoms with Gasteiger partial charge < -0.3 is 10.2 Å². The van der Waals surface area contributed by atoms with E-state index in [1.807, 2.05) is 35.2 Å². The van der Waals surface area contributed by atoms with Crippen molar-refractivity contribution in [2.24, 2.45) is 0 Å². The van der Waals surface area contributed by atoms with Crippen molar-refractivity contribution in [1.29, 1.82) is 0 Å². The Morgan fingerprint density at radius 3 is 2.44 bits per heavy atom. The van der Waals surface area contributed by atoms with Crippen LogP contribution in [0.25, 0.3) is 0 Å². The Morgan fingerprint density at radius 2 is 1.83 bits per heavy atom. The maximum Gasteiger partial charge on any atom is 0.285 e. The highest BCUT2D eigenvalue weighted by molar-refractivity contribution is 5.74. The number of pyridine rings is 1. The SMILES string of the molecule is CCN(CC)CCCNC(=O)C[n+]1ccccc1.